The third-order valence-electron chi connectivity index (χ3n) is 2.99. The highest BCUT2D eigenvalue weighted by Gasteiger charge is 2.47. The molecule has 9 heavy (non-hydrogen) atoms. The van der Waals surface area contributed by atoms with Gasteiger partial charge in [0, 0.05) is 0 Å². The first-order chi connectivity index (χ1) is 4.29. The highest BCUT2D eigenvalue weighted by atomic mass is 16.3. The lowest BCUT2D eigenvalue weighted by Crippen LogP contribution is -2.24. The Labute approximate surface area is 56.1 Å². The topological polar surface area (TPSA) is 20.2 Å². The van der Waals surface area contributed by atoms with Crippen LogP contribution < -0.4 is 0 Å². The Morgan fingerprint density at radius 2 is 2.11 bits per heavy atom. The summed E-state index contributed by atoms with van der Waals surface area (Å²) in [7, 11) is 0. The minimum absolute atomic E-state index is 0.0451. The van der Waals surface area contributed by atoms with Crippen molar-refractivity contribution in [3.05, 3.63) is 0 Å². The van der Waals surface area contributed by atoms with Crippen LogP contribution in [-0.2, 0) is 0 Å². The second kappa shape index (κ2) is 1.72. The second-order valence-electron chi connectivity index (χ2n) is 3.70. The molecule has 0 bridgehead atoms. The molecule has 0 heterocycles. The molecule has 0 aromatic rings. The number of fused-ring (bicyclic) bond motifs is 1. The number of aliphatic hydroxyl groups is 1. The van der Waals surface area contributed by atoms with E-state index >= 15 is 0 Å². The Morgan fingerprint density at radius 1 is 1.33 bits per heavy atom. The summed E-state index contributed by atoms with van der Waals surface area (Å²) >= 11 is 0. The van der Waals surface area contributed by atoms with Gasteiger partial charge in [0.05, 0.1) is 6.10 Å². The van der Waals surface area contributed by atoms with Gasteiger partial charge in [0.2, 0.25) is 0 Å². The molecule has 1 heteroatoms. The van der Waals surface area contributed by atoms with Crippen LogP contribution in [0, 0.1) is 17.8 Å². The zero-order valence-electron chi connectivity index (χ0n) is 5.88. The minimum Gasteiger partial charge on any atom is -0.393 e. The summed E-state index contributed by atoms with van der Waals surface area (Å²) in [6, 6.07) is 0. The van der Waals surface area contributed by atoms with Crippen LogP contribution in [-0.4, -0.2) is 11.2 Å². The molecule has 1 nitrogen and oxygen atoms in total. The van der Waals surface area contributed by atoms with Gasteiger partial charge in [-0.25, -0.2) is 0 Å². The van der Waals surface area contributed by atoms with E-state index in [2.05, 4.69) is 6.92 Å². The smallest absolute Gasteiger partial charge is 0.0596 e. The Hall–Kier alpha value is -0.0400. The Bertz CT molecular complexity index is 120. The SMILES string of the molecule is C[C@H]1CC[C@H]2C[C@H]2[C@@H]1O. The van der Waals surface area contributed by atoms with Crippen molar-refractivity contribution < 1.29 is 5.11 Å². The summed E-state index contributed by atoms with van der Waals surface area (Å²) in [6.45, 7) is 2.17. The van der Waals surface area contributed by atoms with Gasteiger partial charge in [-0.1, -0.05) is 6.92 Å². The summed E-state index contributed by atoms with van der Waals surface area (Å²) in [5.74, 6) is 2.19. The zero-order valence-corrected chi connectivity index (χ0v) is 5.88. The number of hydrogen-bond donors (Lipinski definition) is 1. The van der Waals surface area contributed by atoms with E-state index in [1.54, 1.807) is 0 Å². The van der Waals surface area contributed by atoms with Crippen LogP contribution in [0.1, 0.15) is 26.2 Å². The molecule has 0 unspecified atom stereocenters. The summed E-state index contributed by atoms with van der Waals surface area (Å²) in [5.41, 5.74) is 0. The van der Waals surface area contributed by atoms with Crippen LogP contribution in [0.5, 0.6) is 0 Å². The number of hydrogen-bond acceptors (Lipinski definition) is 1. The summed E-state index contributed by atoms with van der Waals surface area (Å²) in [6.07, 6.45) is 3.99. The Morgan fingerprint density at radius 3 is 2.78 bits per heavy atom. The fraction of sp³-hybridized carbons (Fsp3) is 1.00. The predicted molar refractivity (Wildman–Crippen MR) is 36.0 cm³/mol. The molecule has 0 aliphatic heterocycles. The average Bonchev–Trinajstić information content (AvgIpc) is 2.58. The van der Waals surface area contributed by atoms with E-state index < -0.39 is 0 Å². The lowest BCUT2D eigenvalue weighted by molar-refractivity contribution is 0.0662. The van der Waals surface area contributed by atoms with E-state index in [4.69, 9.17) is 0 Å². The van der Waals surface area contributed by atoms with Crippen LogP contribution in [0.4, 0.5) is 0 Å². The van der Waals surface area contributed by atoms with Crippen molar-refractivity contribution in [3.63, 3.8) is 0 Å². The largest absolute Gasteiger partial charge is 0.393 e. The van der Waals surface area contributed by atoms with Gasteiger partial charge in [-0.3, -0.25) is 0 Å². The third-order valence-corrected chi connectivity index (χ3v) is 2.99. The lowest BCUT2D eigenvalue weighted by Gasteiger charge is -2.23. The van der Waals surface area contributed by atoms with Crippen molar-refractivity contribution in [1.29, 1.82) is 0 Å². The first-order valence-corrected chi connectivity index (χ1v) is 3.97. The van der Waals surface area contributed by atoms with E-state index in [0.29, 0.717) is 11.8 Å². The normalized spacial score (nSPS) is 56.7. The Balaban J connectivity index is 2.02. The van der Waals surface area contributed by atoms with Crippen molar-refractivity contribution in [2.45, 2.75) is 32.3 Å². The molecule has 0 aromatic heterocycles. The van der Waals surface area contributed by atoms with Crippen molar-refractivity contribution in [2.75, 3.05) is 0 Å². The summed E-state index contributed by atoms with van der Waals surface area (Å²) < 4.78 is 0. The van der Waals surface area contributed by atoms with E-state index in [9.17, 15) is 5.11 Å². The maximum Gasteiger partial charge on any atom is 0.0596 e. The first kappa shape index (κ1) is 5.72. The average molecular weight is 126 g/mol. The molecule has 0 spiro atoms. The van der Waals surface area contributed by atoms with Crippen molar-refractivity contribution in [2.24, 2.45) is 17.8 Å². The molecular weight excluding hydrogens is 112 g/mol. The van der Waals surface area contributed by atoms with Gasteiger partial charge in [0.15, 0.2) is 0 Å². The molecule has 2 rings (SSSR count). The van der Waals surface area contributed by atoms with Gasteiger partial charge in [-0.05, 0) is 37.0 Å². The molecule has 1 N–H and O–H groups in total. The van der Waals surface area contributed by atoms with Crippen LogP contribution in [0.3, 0.4) is 0 Å². The van der Waals surface area contributed by atoms with E-state index in [0.717, 1.165) is 5.92 Å². The van der Waals surface area contributed by atoms with Gasteiger partial charge in [0.1, 0.15) is 0 Å². The summed E-state index contributed by atoms with van der Waals surface area (Å²) in [5, 5.41) is 9.49. The highest BCUT2D eigenvalue weighted by Crippen LogP contribution is 2.51. The molecule has 2 fully saturated rings. The molecule has 4 atom stereocenters. The van der Waals surface area contributed by atoms with Crippen molar-refractivity contribution in [3.8, 4) is 0 Å². The van der Waals surface area contributed by atoms with E-state index in [1.165, 1.54) is 19.3 Å². The number of aliphatic hydroxyl groups excluding tert-OH is 1. The molecule has 52 valence electrons. The standard InChI is InChI=1S/C8H14O/c1-5-2-3-6-4-7(6)8(5)9/h5-9H,2-4H2,1H3/t5-,6-,7+,8+/m0/s1. The molecule has 2 aliphatic carbocycles. The molecule has 0 radical (unpaired) electrons. The van der Waals surface area contributed by atoms with Crippen LogP contribution in [0.15, 0.2) is 0 Å². The first-order valence-electron chi connectivity index (χ1n) is 3.97. The van der Waals surface area contributed by atoms with Gasteiger partial charge in [-0.15, -0.1) is 0 Å². The van der Waals surface area contributed by atoms with E-state index in [-0.39, 0.29) is 6.10 Å². The van der Waals surface area contributed by atoms with Gasteiger partial charge >= 0.3 is 0 Å². The quantitative estimate of drug-likeness (QED) is 0.520. The van der Waals surface area contributed by atoms with Crippen molar-refractivity contribution >= 4 is 0 Å². The molecule has 2 aliphatic rings. The summed E-state index contributed by atoms with van der Waals surface area (Å²) in [4.78, 5) is 0. The van der Waals surface area contributed by atoms with Crippen LogP contribution in [0.2, 0.25) is 0 Å². The second-order valence-corrected chi connectivity index (χ2v) is 3.70. The molecule has 0 aromatic carbocycles. The highest BCUT2D eigenvalue weighted by molar-refractivity contribution is 4.97. The fourth-order valence-electron chi connectivity index (χ4n) is 2.09. The van der Waals surface area contributed by atoms with Gasteiger partial charge in [-0.2, -0.15) is 0 Å². The Kier molecular flexibility index (Phi) is 1.10. The van der Waals surface area contributed by atoms with Gasteiger partial charge in [0.25, 0.3) is 0 Å². The monoisotopic (exact) mass is 126 g/mol. The third kappa shape index (κ3) is 0.787. The zero-order chi connectivity index (χ0) is 6.43. The predicted octanol–water partition coefficient (Wildman–Crippen LogP) is 1.41. The van der Waals surface area contributed by atoms with Crippen LogP contribution >= 0.6 is 0 Å². The molecule has 0 saturated heterocycles. The lowest BCUT2D eigenvalue weighted by atomic mass is 9.88. The molecule has 0 amide bonds. The fourth-order valence-corrected chi connectivity index (χ4v) is 2.09. The molecule has 2 saturated carbocycles. The number of rotatable bonds is 0. The van der Waals surface area contributed by atoms with Crippen LogP contribution in [0.25, 0.3) is 0 Å². The van der Waals surface area contributed by atoms with Gasteiger partial charge < -0.3 is 5.11 Å². The minimum atomic E-state index is 0.0451. The maximum atomic E-state index is 9.49. The maximum absolute atomic E-state index is 9.49. The van der Waals surface area contributed by atoms with Crippen molar-refractivity contribution in [1.82, 2.24) is 0 Å². The molecular formula is C8H14O. The van der Waals surface area contributed by atoms with E-state index in [1.807, 2.05) is 0 Å².